The number of fused-ring (bicyclic) bond motifs is 1. The quantitative estimate of drug-likeness (QED) is 0.476. The Morgan fingerprint density at radius 2 is 2.14 bits per heavy atom. The third-order valence-electron chi connectivity index (χ3n) is 4.34. The summed E-state index contributed by atoms with van der Waals surface area (Å²) in [7, 11) is 0. The van der Waals surface area contributed by atoms with E-state index in [-0.39, 0.29) is 29.8 Å². The Hall–Kier alpha value is -1.36. The average Bonchev–Trinajstić information content (AvgIpc) is 3.06. The molecule has 2 aliphatic rings. The van der Waals surface area contributed by atoms with Gasteiger partial charge in [0.15, 0.2) is 0 Å². The molecular weight excluding hydrogens is 302 g/mol. The molecule has 0 amide bonds. The third kappa shape index (κ3) is 3.69. The van der Waals surface area contributed by atoms with E-state index in [4.69, 9.17) is 9.47 Å². The zero-order valence-corrected chi connectivity index (χ0v) is 13.3. The van der Waals surface area contributed by atoms with Crippen molar-refractivity contribution in [3.8, 4) is 0 Å². The number of benzene rings is 1. The van der Waals surface area contributed by atoms with E-state index in [9.17, 15) is 4.79 Å². The highest BCUT2D eigenvalue weighted by Crippen LogP contribution is 2.54. The molecule has 1 saturated heterocycles. The minimum atomic E-state index is -0.195. The largest absolute Gasteiger partial charge is 0.460 e. The Balaban J connectivity index is 0.00000176. The Kier molecular flexibility index (Phi) is 5.62. The van der Waals surface area contributed by atoms with Crippen LogP contribution >= 0.6 is 12.4 Å². The number of piperidine rings is 1. The van der Waals surface area contributed by atoms with Gasteiger partial charge in [0.1, 0.15) is 12.6 Å². The molecule has 1 heterocycles. The molecule has 5 heteroatoms. The standard InChI is InChI=1S/C17H21NO3.ClH/c1-2-8-20-12-17-9-14(18-15(17)10-17)16(19)21-11-13-6-4-3-5-7-13;/h2-7,14-15,18H,1,8-12H2;1H/t14-,15-,17+;/m0./s1. The zero-order valence-electron chi connectivity index (χ0n) is 12.5. The number of rotatable bonds is 7. The Bertz CT molecular complexity index is 522. The molecule has 0 bridgehead atoms. The Labute approximate surface area is 137 Å². The predicted molar refractivity (Wildman–Crippen MR) is 86.9 cm³/mol. The molecule has 120 valence electrons. The number of carbonyl (C=O) groups is 1. The summed E-state index contributed by atoms with van der Waals surface area (Å²) in [6.07, 6.45) is 3.65. The normalized spacial score (nSPS) is 28.4. The summed E-state index contributed by atoms with van der Waals surface area (Å²) in [6, 6.07) is 9.95. The van der Waals surface area contributed by atoms with Gasteiger partial charge in [-0.3, -0.25) is 4.79 Å². The fraction of sp³-hybridized carbons (Fsp3) is 0.471. The maximum absolute atomic E-state index is 12.1. The van der Waals surface area contributed by atoms with Crippen LogP contribution in [-0.4, -0.2) is 31.3 Å². The summed E-state index contributed by atoms with van der Waals surface area (Å²) in [5.74, 6) is -0.158. The highest BCUT2D eigenvalue weighted by atomic mass is 35.5. The van der Waals surface area contributed by atoms with Crippen LogP contribution in [0.4, 0.5) is 0 Å². The van der Waals surface area contributed by atoms with E-state index in [0.29, 0.717) is 25.9 Å². The van der Waals surface area contributed by atoms with E-state index in [0.717, 1.165) is 18.4 Å². The fourth-order valence-electron chi connectivity index (χ4n) is 3.06. The molecule has 22 heavy (non-hydrogen) atoms. The van der Waals surface area contributed by atoms with Gasteiger partial charge in [0.25, 0.3) is 0 Å². The number of ether oxygens (including phenoxy) is 2. The van der Waals surface area contributed by atoms with Crippen LogP contribution in [0.15, 0.2) is 43.0 Å². The molecule has 1 aromatic carbocycles. The highest BCUT2D eigenvalue weighted by Gasteiger charge is 2.61. The van der Waals surface area contributed by atoms with Crippen molar-refractivity contribution in [1.29, 1.82) is 0 Å². The predicted octanol–water partition coefficient (Wildman–Crippen LogP) is 2.47. The molecule has 1 aliphatic heterocycles. The molecule has 0 unspecified atom stereocenters. The van der Waals surface area contributed by atoms with Crippen LogP contribution in [0, 0.1) is 5.41 Å². The van der Waals surface area contributed by atoms with Crippen molar-refractivity contribution in [1.82, 2.24) is 5.32 Å². The van der Waals surface area contributed by atoms with Gasteiger partial charge in [-0.05, 0) is 18.4 Å². The van der Waals surface area contributed by atoms with Crippen LogP contribution in [-0.2, 0) is 20.9 Å². The van der Waals surface area contributed by atoms with E-state index in [1.807, 2.05) is 30.3 Å². The monoisotopic (exact) mass is 323 g/mol. The summed E-state index contributed by atoms with van der Waals surface area (Å²) in [4.78, 5) is 12.1. The Morgan fingerprint density at radius 3 is 2.86 bits per heavy atom. The highest BCUT2D eigenvalue weighted by molar-refractivity contribution is 5.85. The minimum absolute atomic E-state index is 0. The molecular formula is C17H22ClNO3. The number of halogens is 1. The summed E-state index contributed by atoms with van der Waals surface area (Å²) in [6.45, 7) is 5.24. The molecule has 0 spiro atoms. The molecule has 4 nitrogen and oxygen atoms in total. The van der Waals surface area contributed by atoms with Crippen LogP contribution in [0.1, 0.15) is 18.4 Å². The van der Waals surface area contributed by atoms with Crippen molar-refractivity contribution in [3.63, 3.8) is 0 Å². The van der Waals surface area contributed by atoms with E-state index < -0.39 is 0 Å². The summed E-state index contributed by atoms with van der Waals surface area (Å²) < 4.78 is 11.0. The van der Waals surface area contributed by atoms with Crippen LogP contribution in [0.5, 0.6) is 0 Å². The lowest BCUT2D eigenvalue weighted by Gasteiger charge is -2.15. The van der Waals surface area contributed by atoms with E-state index in [1.54, 1.807) is 6.08 Å². The first-order chi connectivity index (χ1) is 10.2. The zero-order chi connectivity index (χ0) is 14.7. The van der Waals surface area contributed by atoms with Gasteiger partial charge < -0.3 is 14.8 Å². The molecule has 0 radical (unpaired) electrons. The first kappa shape index (κ1) is 17.0. The van der Waals surface area contributed by atoms with E-state index >= 15 is 0 Å². The third-order valence-corrected chi connectivity index (χ3v) is 4.34. The molecule has 1 N–H and O–H groups in total. The van der Waals surface area contributed by atoms with E-state index in [1.165, 1.54) is 0 Å². The minimum Gasteiger partial charge on any atom is -0.460 e. The lowest BCUT2D eigenvalue weighted by Crippen LogP contribution is -2.35. The van der Waals surface area contributed by atoms with Crippen molar-refractivity contribution in [2.45, 2.75) is 31.5 Å². The first-order valence-electron chi connectivity index (χ1n) is 7.39. The first-order valence-corrected chi connectivity index (χ1v) is 7.39. The molecule has 3 atom stereocenters. The molecule has 1 aromatic rings. The number of carbonyl (C=O) groups excluding carboxylic acids is 1. The second-order valence-electron chi connectivity index (χ2n) is 5.94. The molecule has 2 fully saturated rings. The van der Waals surface area contributed by atoms with Crippen molar-refractivity contribution in [2.75, 3.05) is 13.2 Å². The van der Waals surface area contributed by atoms with Crippen molar-refractivity contribution >= 4 is 18.4 Å². The van der Waals surface area contributed by atoms with Gasteiger partial charge >= 0.3 is 5.97 Å². The van der Waals surface area contributed by atoms with Crippen LogP contribution < -0.4 is 5.32 Å². The maximum Gasteiger partial charge on any atom is 0.323 e. The van der Waals surface area contributed by atoms with E-state index in [2.05, 4.69) is 11.9 Å². The van der Waals surface area contributed by atoms with Gasteiger partial charge in [-0.1, -0.05) is 36.4 Å². The van der Waals surface area contributed by atoms with Gasteiger partial charge in [-0.2, -0.15) is 0 Å². The van der Waals surface area contributed by atoms with Gasteiger partial charge in [-0.15, -0.1) is 19.0 Å². The SMILES string of the molecule is C=CCOC[C@]12C[C@@H](C(=O)OCc3ccccc3)N[C@H]1C2.Cl. The lowest BCUT2D eigenvalue weighted by molar-refractivity contribution is -0.147. The molecule has 1 saturated carbocycles. The van der Waals surface area contributed by atoms with Crippen molar-refractivity contribution in [2.24, 2.45) is 5.41 Å². The number of hydrogen-bond acceptors (Lipinski definition) is 4. The topological polar surface area (TPSA) is 47.6 Å². The summed E-state index contributed by atoms with van der Waals surface area (Å²) in [5.41, 5.74) is 1.15. The van der Waals surface area contributed by atoms with Crippen LogP contribution in [0.3, 0.4) is 0 Å². The fourth-order valence-corrected chi connectivity index (χ4v) is 3.06. The smallest absolute Gasteiger partial charge is 0.323 e. The summed E-state index contributed by atoms with van der Waals surface area (Å²) >= 11 is 0. The summed E-state index contributed by atoms with van der Waals surface area (Å²) in [5, 5.41) is 3.35. The van der Waals surface area contributed by atoms with Gasteiger partial charge in [-0.25, -0.2) is 0 Å². The lowest BCUT2D eigenvalue weighted by atomic mass is 10.0. The van der Waals surface area contributed by atoms with Crippen LogP contribution in [0.2, 0.25) is 0 Å². The number of esters is 1. The van der Waals surface area contributed by atoms with Crippen molar-refractivity contribution < 1.29 is 14.3 Å². The molecule has 3 rings (SSSR count). The van der Waals surface area contributed by atoms with Gasteiger partial charge in [0.05, 0.1) is 13.2 Å². The second kappa shape index (κ2) is 7.27. The Morgan fingerprint density at radius 1 is 1.36 bits per heavy atom. The molecule has 0 aromatic heterocycles. The number of nitrogens with one attached hydrogen (secondary N) is 1. The van der Waals surface area contributed by atoms with Crippen LogP contribution in [0.25, 0.3) is 0 Å². The average molecular weight is 324 g/mol. The van der Waals surface area contributed by atoms with Crippen molar-refractivity contribution in [3.05, 3.63) is 48.6 Å². The van der Waals surface area contributed by atoms with Gasteiger partial charge in [0.2, 0.25) is 0 Å². The second-order valence-corrected chi connectivity index (χ2v) is 5.94. The maximum atomic E-state index is 12.1. The molecule has 1 aliphatic carbocycles. The van der Waals surface area contributed by atoms with Gasteiger partial charge in [0, 0.05) is 11.5 Å². The number of hydrogen-bond donors (Lipinski definition) is 1.